The number of nitrogens with one attached hydrogen (secondary N) is 1. The molecule has 5 heteroatoms. The average Bonchev–Trinajstić information content (AvgIpc) is 3.47. The lowest BCUT2D eigenvalue weighted by Crippen LogP contribution is -2.35. The molecule has 1 atom stereocenters. The molecule has 4 rings (SSSR count). The molecule has 0 saturated heterocycles. The highest BCUT2D eigenvalue weighted by Crippen LogP contribution is 2.48. The molecule has 3 aromatic rings. The Bertz CT molecular complexity index is 1020. The van der Waals surface area contributed by atoms with Crippen molar-refractivity contribution in [3.63, 3.8) is 0 Å². The summed E-state index contributed by atoms with van der Waals surface area (Å²) in [4.78, 5) is 17.6. The molecule has 1 saturated carbocycles. The summed E-state index contributed by atoms with van der Waals surface area (Å²) in [6.45, 7) is 4.24. The fraction of sp³-hybridized carbons (Fsp3) is 0.304. The molecular formula is C23H25N3O2. The monoisotopic (exact) mass is 375 g/mol. The third-order valence-corrected chi connectivity index (χ3v) is 5.23. The van der Waals surface area contributed by atoms with Crippen molar-refractivity contribution in [2.75, 3.05) is 6.61 Å². The first kappa shape index (κ1) is 18.4. The van der Waals surface area contributed by atoms with Gasteiger partial charge in [-0.15, -0.1) is 0 Å². The lowest BCUT2D eigenvalue weighted by atomic mass is 9.98. The number of aromatic nitrogens is 1. The smallest absolute Gasteiger partial charge is 0.252 e. The van der Waals surface area contributed by atoms with Crippen LogP contribution >= 0.6 is 0 Å². The van der Waals surface area contributed by atoms with Crippen molar-refractivity contribution in [3.8, 4) is 5.75 Å². The van der Waals surface area contributed by atoms with Gasteiger partial charge in [0.15, 0.2) is 0 Å². The molecule has 0 radical (unpaired) electrons. The van der Waals surface area contributed by atoms with Gasteiger partial charge in [0.25, 0.3) is 5.91 Å². The Morgan fingerprint density at radius 2 is 2.07 bits per heavy atom. The van der Waals surface area contributed by atoms with E-state index in [2.05, 4.69) is 22.4 Å². The number of rotatable bonds is 6. The van der Waals surface area contributed by atoms with Gasteiger partial charge < -0.3 is 15.8 Å². The predicted octanol–water partition coefficient (Wildman–Crippen LogP) is 3.69. The summed E-state index contributed by atoms with van der Waals surface area (Å²) >= 11 is 0. The van der Waals surface area contributed by atoms with Crippen LogP contribution in [0.3, 0.4) is 0 Å². The molecule has 0 spiro atoms. The molecule has 1 fully saturated rings. The number of amides is 1. The quantitative estimate of drug-likeness (QED) is 0.689. The van der Waals surface area contributed by atoms with Gasteiger partial charge in [-0.1, -0.05) is 24.3 Å². The van der Waals surface area contributed by atoms with Crippen LogP contribution in [0, 0.1) is 6.92 Å². The molecule has 0 aliphatic heterocycles. The second-order valence-electron chi connectivity index (χ2n) is 7.68. The maximum atomic E-state index is 13.1. The molecule has 1 aliphatic carbocycles. The van der Waals surface area contributed by atoms with Gasteiger partial charge in [-0.2, -0.15) is 0 Å². The van der Waals surface area contributed by atoms with Crippen molar-refractivity contribution in [2.24, 2.45) is 5.73 Å². The summed E-state index contributed by atoms with van der Waals surface area (Å²) < 4.78 is 5.69. The largest absolute Gasteiger partial charge is 0.492 e. The van der Waals surface area contributed by atoms with Gasteiger partial charge in [-0.05, 0) is 62.1 Å². The van der Waals surface area contributed by atoms with Crippen molar-refractivity contribution in [1.29, 1.82) is 0 Å². The number of nitrogens with two attached hydrogens (primary N) is 1. The van der Waals surface area contributed by atoms with Gasteiger partial charge in [-0.25, -0.2) is 0 Å². The minimum Gasteiger partial charge on any atom is -0.492 e. The third kappa shape index (κ3) is 3.58. The van der Waals surface area contributed by atoms with Gasteiger partial charge >= 0.3 is 0 Å². The first-order valence-electron chi connectivity index (χ1n) is 9.64. The van der Waals surface area contributed by atoms with E-state index in [1.807, 2.05) is 44.2 Å². The second-order valence-corrected chi connectivity index (χ2v) is 7.68. The number of ether oxygens (including phenoxy) is 1. The Balaban J connectivity index is 1.60. The first-order valence-corrected chi connectivity index (χ1v) is 9.64. The van der Waals surface area contributed by atoms with Crippen LogP contribution in [0.15, 0.2) is 54.7 Å². The molecular weight excluding hydrogens is 350 g/mol. The maximum Gasteiger partial charge on any atom is 0.252 e. The molecule has 144 valence electrons. The average molecular weight is 375 g/mol. The van der Waals surface area contributed by atoms with Gasteiger partial charge in [0.1, 0.15) is 12.4 Å². The minimum atomic E-state index is -0.325. The van der Waals surface area contributed by atoms with Crippen LogP contribution in [-0.4, -0.2) is 23.5 Å². The number of pyridine rings is 1. The van der Waals surface area contributed by atoms with E-state index in [0.717, 1.165) is 34.9 Å². The molecule has 5 nitrogen and oxygen atoms in total. The van der Waals surface area contributed by atoms with Gasteiger partial charge in [0.2, 0.25) is 0 Å². The van der Waals surface area contributed by atoms with Crippen molar-refractivity contribution in [3.05, 3.63) is 71.4 Å². The van der Waals surface area contributed by atoms with E-state index in [-0.39, 0.29) is 17.5 Å². The van der Waals surface area contributed by atoms with Crippen molar-refractivity contribution < 1.29 is 9.53 Å². The molecule has 0 bridgehead atoms. The number of benzene rings is 2. The van der Waals surface area contributed by atoms with Gasteiger partial charge in [-0.3, -0.25) is 9.78 Å². The molecule has 1 amide bonds. The zero-order valence-corrected chi connectivity index (χ0v) is 16.2. The standard InChI is InChI=1S/C23H25N3O2/c1-15-8-9-17(28-14-16(2)24)13-19(15)22(27)26-23(10-11-23)20-6-3-7-21-18(20)5-4-12-25-21/h3-9,12-13,16H,10-11,14,24H2,1-2H3,(H,26,27). The summed E-state index contributed by atoms with van der Waals surface area (Å²) in [6.07, 6.45) is 3.64. The zero-order chi connectivity index (χ0) is 19.7. The van der Waals surface area contributed by atoms with Gasteiger partial charge in [0, 0.05) is 23.2 Å². The molecule has 3 N–H and O–H groups in total. The number of carbonyl (C=O) groups is 1. The molecule has 1 heterocycles. The number of carbonyl (C=O) groups excluding carboxylic acids is 1. The van der Waals surface area contributed by atoms with Crippen LogP contribution in [0.2, 0.25) is 0 Å². The number of hydrogen-bond acceptors (Lipinski definition) is 4. The highest BCUT2D eigenvalue weighted by Gasteiger charge is 2.46. The van der Waals surface area contributed by atoms with E-state index in [9.17, 15) is 4.79 Å². The topological polar surface area (TPSA) is 77.2 Å². The highest BCUT2D eigenvalue weighted by molar-refractivity contribution is 5.97. The molecule has 1 aliphatic rings. The minimum absolute atomic E-state index is 0.0618. The Kier molecular flexibility index (Phi) is 4.77. The lowest BCUT2D eigenvalue weighted by Gasteiger charge is -2.21. The fourth-order valence-corrected chi connectivity index (χ4v) is 3.56. The van der Waals surface area contributed by atoms with E-state index < -0.39 is 0 Å². The molecule has 2 aromatic carbocycles. The number of aryl methyl sites for hydroxylation is 1. The number of nitrogens with zero attached hydrogens (tertiary/aromatic N) is 1. The van der Waals surface area contributed by atoms with Crippen LogP contribution in [-0.2, 0) is 5.54 Å². The van der Waals surface area contributed by atoms with Crippen molar-refractivity contribution in [2.45, 2.75) is 38.3 Å². The number of fused-ring (bicyclic) bond motifs is 1. The van der Waals surface area contributed by atoms with E-state index >= 15 is 0 Å². The van der Waals surface area contributed by atoms with Crippen molar-refractivity contribution >= 4 is 16.8 Å². The lowest BCUT2D eigenvalue weighted by molar-refractivity contribution is 0.0930. The molecule has 1 unspecified atom stereocenters. The van der Waals surface area contributed by atoms with E-state index in [1.165, 1.54) is 0 Å². The predicted molar refractivity (Wildman–Crippen MR) is 110 cm³/mol. The Hall–Kier alpha value is -2.92. The highest BCUT2D eigenvalue weighted by atomic mass is 16.5. The number of hydrogen-bond donors (Lipinski definition) is 2. The van der Waals surface area contributed by atoms with Gasteiger partial charge in [0.05, 0.1) is 11.1 Å². The zero-order valence-electron chi connectivity index (χ0n) is 16.2. The van der Waals surface area contributed by atoms with E-state index in [0.29, 0.717) is 17.9 Å². The van der Waals surface area contributed by atoms with Crippen LogP contribution in [0.25, 0.3) is 10.9 Å². The third-order valence-electron chi connectivity index (χ3n) is 5.23. The van der Waals surface area contributed by atoms with E-state index in [1.54, 1.807) is 12.3 Å². The Morgan fingerprint density at radius 1 is 1.25 bits per heavy atom. The maximum absolute atomic E-state index is 13.1. The second kappa shape index (κ2) is 7.24. The summed E-state index contributed by atoms with van der Waals surface area (Å²) in [7, 11) is 0. The normalized spacial score (nSPS) is 15.8. The Morgan fingerprint density at radius 3 is 2.82 bits per heavy atom. The van der Waals surface area contributed by atoms with Crippen LogP contribution in [0.5, 0.6) is 5.75 Å². The summed E-state index contributed by atoms with van der Waals surface area (Å²) in [5.41, 5.74) is 9.06. The summed E-state index contributed by atoms with van der Waals surface area (Å²) in [5, 5.41) is 4.37. The first-order chi connectivity index (χ1) is 13.5. The SMILES string of the molecule is Cc1ccc(OCC(C)N)cc1C(=O)NC1(c2cccc3ncccc23)CC1. The Labute approximate surface area is 164 Å². The van der Waals surface area contributed by atoms with Crippen LogP contribution < -0.4 is 15.8 Å². The molecule has 1 aromatic heterocycles. The van der Waals surface area contributed by atoms with Crippen LogP contribution in [0.4, 0.5) is 0 Å². The van der Waals surface area contributed by atoms with Crippen molar-refractivity contribution in [1.82, 2.24) is 10.3 Å². The van der Waals surface area contributed by atoms with E-state index in [4.69, 9.17) is 10.5 Å². The molecule has 28 heavy (non-hydrogen) atoms. The summed E-state index contributed by atoms with van der Waals surface area (Å²) in [5.74, 6) is 0.578. The fourth-order valence-electron chi connectivity index (χ4n) is 3.56. The summed E-state index contributed by atoms with van der Waals surface area (Å²) in [6, 6.07) is 15.6. The van der Waals surface area contributed by atoms with Crippen LogP contribution in [0.1, 0.15) is 41.3 Å².